The molecule has 9 heteroatoms. The van der Waals surface area contributed by atoms with Gasteiger partial charge in [-0.1, -0.05) is 25.1 Å². The van der Waals surface area contributed by atoms with Crippen LogP contribution >= 0.6 is 0 Å². The Hall–Kier alpha value is -2.68. The van der Waals surface area contributed by atoms with E-state index in [9.17, 15) is 22.0 Å². The number of amides is 1. The van der Waals surface area contributed by atoms with Crippen LogP contribution in [0.5, 0.6) is 0 Å². The average Bonchev–Trinajstić information content (AvgIpc) is 3.59. The van der Waals surface area contributed by atoms with Crippen LogP contribution in [0.1, 0.15) is 43.9 Å². The molecular formula is C23H25F2N3O3S. The van der Waals surface area contributed by atoms with Crippen LogP contribution in [0.3, 0.4) is 0 Å². The minimum absolute atomic E-state index is 0.00288. The lowest BCUT2D eigenvalue weighted by molar-refractivity contribution is -0.111. The lowest BCUT2D eigenvalue weighted by Gasteiger charge is -2.12. The van der Waals surface area contributed by atoms with Gasteiger partial charge in [0.05, 0.1) is 28.2 Å². The third-order valence-corrected chi connectivity index (χ3v) is 8.14. The number of halogens is 2. The topological polar surface area (TPSA) is 89.0 Å². The molecule has 0 spiro atoms. The van der Waals surface area contributed by atoms with Crippen LogP contribution in [-0.4, -0.2) is 41.9 Å². The lowest BCUT2D eigenvalue weighted by Crippen LogP contribution is -2.16. The Morgan fingerprint density at radius 2 is 1.75 bits per heavy atom. The number of benzene rings is 1. The van der Waals surface area contributed by atoms with Gasteiger partial charge in [-0.05, 0) is 55.7 Å². The molecule has 0 aliphatic heterocycles. The number of sulfone groups is 1. The Kier molecular flexibility index (Phi) is 6.37. The average molecular weight is 462 g/mol. The van der Waals surface area contributed by atoms with Crippen LogP contribution in [0.4, 0.5) is 14.6 Å². The predicted octanol–water partition coefficient (Wildman–Crippen LogP) is 4.08. The van der Waals surface area contributed by atoms with E-state index >= 15 is 0 Å². The standard InChI is InChI=1S/C23H25F2N3O3S/c1-2-16-12-27-22(13-26-16)28-23(29)19(9-14-10-20(24)21(25)11-14)15-3-5-17(6-4-15)32(30,31)18-7-8-18/h3-6,9,12-14,18,20-21H,2,7-8,10-11H2,1H3,(H,27,28,29)/b19-9+/t14-,20+,21-. The largest absolute Gasteiger partial charge is 0.305 e. The van der Waals surface area contributed by atoms with Crippen LogP contribution < -0.4 is 5.32 Å². The van der Waals surface area contributed by atoms with Crippen LogP contribution in [0.15, 0.2) is 47.6 Å². The summed E-state index contributed by atoms with van der Waals surface area (Å²) in [5, 5.41) is 2.34. The summed E-state index contributed by atoms with van der Waals surface area (Å²) in [5.74, 6) is -0.688. The minimum atomic E-state index is -3.36. The number of rotatable bonds is 7. The maximum absolute atomic E-state index is 13.7. The summed E-state index contributed by atoms with van der Waals surface area (Å²) in [6.45, 7) is 1.94. The number of aryl methyl sites for hydroxylation is 1. The number of carbonyl (C=O) groups excluding carboxylic acids is 1. The molecule has 1 aromatic carbocycles. The molecule has 0 radical (unpaired) electrons. The fourth-order valence-corrected chi connectivity index (χ4v) is 5.48. The number of anilines is 1. The maximum Gasteiger partial charge on any atom is 0.257 e. The van der Waals surface area contributed by atoms with Gasteiger partial charge in [0.25, 0.3) is 5.91 Å². The smallest absolute Gasteiger partial charge is 0.257 e. The van der Waals surface area contributed by atoms with Crippen molar-refractivity contribution in [2.45, 2.75) is 61.5 Å². The number of nitrogens with one attached hydrogen (secondary N) is 1. The van der Waals surface area contributed by atoms with Crippen molar-refractivity contribution < 1.29 is 22.0 Å². The summed E-state index contributed by atoms with van der Waals surface area (Å²) < 4.78 is 52.4. The third-order valence-electron chi connectivity index (χ3n) is 5.86. The molecule has 6 nitrogen and oxygen atoms in total. The van der Waals surface area contributed by atoms with Gasteiger partial charge in [0.2, 0.25) is 0 Å². The third kappa shape index (κ3) is 4.87. The quantitative estimate of drug-likeness (QED) is 0.628. The zero-order valence-electron chi connectivity index (χ0n) is 17.7. The van der Waals surface area contributed by atoms with Crippen LogP contribution in [0.25, 0.3) is 5.57 Å². The van der Waals surface area contributed by atoms with Gasteiger partial charge in [0.1, 0.15) is 12.3 Å². The first kappa shape index (κ1) is 22.5. The van der Waals surface area contributed by atoms with Crippen molar-refractivity contribution in [2.75, 3.05) is 5.32 Å². The molecule has 0 unspecified atom stereocenters. The minimum Gasteiger partial charge on any atom is -0.305 e. The summed E-state index contributed by atoms with van der Waals surface area (Å²) >= 11 is 0. The molecule has 4 rings (SSSR count). The van der Waals surface area contributed by atoms with E-state index in [1.54, 1.807) is 24.4 Å². The first-order valence-electron chi connectivity index (χ1n) is 10.7. The second-order valence-corrected chi connectivity index (χ2v) is 10.5. The predicted molar refractivity (Wildman–Crippen MR) is 117 cm³/mol. The molecule has 1 aromatic heterocycles. The van der Waals surface area contributed by atoms with Crippen molar-refractivity contribution in [3.8, 4) is 0 Å². The van der Waals surface area contributed by atoms with Gasteiger partial charge in [-0.25, -0.2) is 22.2 Å². The van der Waals surface area contributed by atoms with Crippen molar-refractivity contribution in [1.82, 2.24) is 9.97 Å². The Morgan fingerprint density at radius 1 is 1.09 bits per heavy atom. The molecule has 0 saturated heterocycles. The molecule has 1 heterocycles. The number of allylic oxidation sites excluding steroid dienone is 1. The van der Waals surface area contributed by atoms with E-state index in [2.05, 4.69) is 15.3 Å². The van der Waals surface area contributed by atoms with Crippen LogP contribution in [-0.2, 0) is 21.1 Å². The second-order valence-electron chi connectivity index (χ2n) is 8.31. The van der Waals surface area contributed by atoms with Crippen molar-refractivity contribution in [1.29, 1.82) is 0 Å². The molecule has 0 bridgehead atoms. The summed E-state index contributed by atoms with van der Waals surface area (Å²) in [6, 6.07) is 6.07. The molecule has 2 fully saturated rings. The molecule has 2 saturated carbocycles. The fourth-order valence-electron chi connectivity index (χ4n) is 3.83. The summed E-state index contributed by atoms with van der Waals surface area (Å²) in [7, 11) is -3.36. The molecule has 2 aliphatic carbocycles. The van der Waals surface area contributed by atoms with Gasteiger partial charge in [0.15, 0.2) is 15.7 Å². The number of carbonyl (C=O) groups is 1. The van der Waals surface area contributed by atoms with E-state index in [0.717, 1.165) is 5.69 Å². The van der Waals surface area contributed by atoms with Gasteiger partial charge in [-0.3, -0.25) is 9.78 Å². The molecule has 170 valence electrons. The van der Waals surface area contributed by atoms with Crippen LogP contribution in [0, 0.1) is 5.92 Å². The van der Waals surface area contributed by atoms with E-state index in [1.165, 1.54) is 18.3 Å². The molecule has 1 amide bonds. The Labute approximate surface area is 186 Å². The summed E-state index contributed by atoms with van der Waals surface area (Å²) in [5.41, 5.74) is 1.46. The molecular weight excluding hydrogens is 436 g/mol. The van der Waals surface area contributed by atoms with E-state index in [0.29, 0.717) is 24.8 Å². The molecule has 2 aromatic rings. The number of aromatic nitrogens is 2. The van der Waals surface area contributed by atoms with E-state index in [-0.39, 0.29) is 34.4 Å². The van der Waals surface area contributed by atoms with Gasteiger partial charge < -0.3 is 5.32 Å². The summed E-state index contributed by atoms with van der Waals surface area (Å²) in [4.78, 5) is 21.6. The number of nitrogens with zero attached hydrogens (tertiary/aromatic N) is 2. The van der Waals surface area contributed by atoms with Crippen molar-refractivity contribution >= 4 is 27.1 Å². The van der Waals surface area contributed by atoms with E-state index < -0.39 is 34.0 Å². The number of hydrogen-bond acceptors (Lipinski definition) is 5. The normalized spacial score (nSPS) is 23.8. The first-order valence-corrected chi connectivity index (χ1v) is 12.3. The van der Waals surface area contributed by atoms with Gasteiger partial charge >= 0.3 is 0 Å². The highest BCUT2D eigenvalue weighted by atomic mass is 32.2. The zero-order chi connectivity index (χ0) is 22.9. The van der Waals surface area contributed by atoms with E-state index in [4.69, 9.17) is 0 Å². The molecule has 3 atom stereocenters. The SMILES string of the molecule is CCc1cnc(NC(=O)/C(=C/[C@H]2C[C@@H](F)[C@@H](F)C2)c2ccc(S(=O)(=O)C3CC3)cc2)cn1. The zero-order valence-corrected chi connectivity index (χ0v) is 18.5. The Morgan fingerprint density at radius 3 is 2.28 bits per heavy atom. The lowest BCUT2D eigenvalue weighted by atomic mass is 9.98. The molecule has 2 aliphatic rings. The van der Waals surface area contributed by atoms with Gasteiger partial charge in [-0.2, -0.15) is 0 Å². The Balaban J connectivity index is 1.62. The number of alkyl halides is 2. The van der Waals surface area contributed by atoms with E-state index in [1.807, 2.05) is 6.92 Å². The van der Waals surface area contributed by atoms with Crippen molar-refractivity contribution in [3.63, 3.8) is 0 Å². The van der Waals surface area contributed by atoms with Gasteiger partial charge in [-0.15, -0.1) is 0 Å². The van der Waals surface area contributed by atoms with Crippen molar-refractivity contribution in [2.24, 2.45) is 5.92 Å². The highest BCUT2D eigenvalue weighted by molar-refractivity contribution is 7.92. The molecule has 1 N–H and O–H groups in total. The van der Waals surface area contributed by atoms with Gasteiger partial charge in [0, 0.05) is 5.57 Å². The Bertz CT molecular complexity index is 1100. The highest BCUT2D eigenvalue weighted by Gasteiger charge is 2.37. The second kappa shape index (κ2) is 9.05. The maximum atomic E-state index is 13.7. The highest BCUT2D eigenvalue weighted by Crippen LogP contribution is 2.36. The summed E-state index contributed by atoms with van der Waals surface area (Å²) in [6.07, 6.45) is 3.49. The van der Waals surface area contributed by atoms with Crippen molar-refractivity contribution in [3.05, 3.63) is 54.0 Å². The fraction of sp³-hybridized carbons (Fsp3) is 0.435. The molecule has 32 heavy (non-hydrogen) atoms. The number of hydrogen-bond donors (Lipinski definition) is 1. The first-order chi connectivity index (χ1) is 15.3. The monoisotopic (exact) mass is 461 g/mol. The van der Waals surface area contributed by atoms with Crippen LogP contribution in [0.2, 0.25) is 0 Å².